The van der Waals surface area contributed by atoms with E-state index >= 15 is 0 Å². The molecule has 1 fully saturated rings. The number of rotatable bonds is 10. The van der Waals surface area contributed by atoms with Crippen LogP contribution in [-0.4, -0.2) is 53.7 Å². The van der Waals surface area contributed by atoms with Gasteiger partial charge in [-0.25, -0.2) is 4.79 Å². The van der Waals surface area contributed by atoms with Gasteiger partial charge in [0.2, 0.25) is 5.91 Å². The summed E-state index contributed by atoms with van der Waals surface area (Å²) in [5.41, 5.74) is 4.76. The minimum atomic E-state index is -0.859. The quantitative estimate of drug-likeness (QED) is 0.512. The molecule has 0 radical (unpaired) electrons. The van der Waals surface area contributed by atoms with Gasteiger partial charge in [0.05, 0.1) is 6.42 Å². The fourth-order valence-corrected chi connectivity index (χ4v) is 5.31. The largest absolute Gasteiger partial charge is 0.481 e. The predicted molar refractivity (Wildman–Crippen MR) is 133 cm³/mol. The molecular weight excluding hydrogens is 444 g/mol. The molecule has 2 N–H and O–H groups in total. The number of benzene rings is 2. The molecule has 1 aliphatic heterocycles. The smallest absolute Gasteiger partial charge is 0.407 e. The van der Waals surface area contributed by atoms with Gasteiger partial charge in [0, 0.05) is 31.5 Å². The molecule has 7 heteroatoms. The average Bonchev–Trinajstić information content (AvgIpc) is 3.43. The Balaban J connectivity index is 1.17. The summed E-state index contributed by atoms with van der Waals surface area (Å²) in [4.78, 5) is 37.6. The Hall–Kier alpha value is -3.35. The van der Waals surface area contributed by atoms with E-state index in [9.17, 15) is 14.4 Å². The Morgan fingerprint density at radius 2 is 1.71 bits per heavy atom. The Labute approximate surface area is 206 Å². The molecule has 4 rings (SSSR count). The molecule has 1 aliphatic carbocycles. The van der Waals surface area contributed by atoms with Crippen molar-refractivity contribution in [2.24, 2.45) is 5.92 Å². The Morgan fingerprint density at radius 3 is 2.37 bits per heavy atom. The second kappa shape index (κ2) is 11.4. The van der Waals surface area contributed by atoms with Crippen LogP contribution in [-0.2, 0) is 14.3 Å². The maximum absolute atomic E-state index is 12.6. The monoisotopic (exact) mass is 478 g/mol. The molecule has 35 heavy (non-hydrogen) atoms. The molecule has 186 valence electrons. The Morgan fingerprint density at radius 1 is 1.06 bits per heavy atom. The first-order valence-corrected chi connectivity index (χ1v) is 12.5. The number of fused-ring (bicyclic) bond motifs is 3. The van der Waals surface area contributed by atoms with Gasteiger partial charge in [-0.1, -0.05) is 55.5 Å². The van der Waals surface area contributed by atoms with Crippen molar-refractivity contribution in [1.29, 1.82) is 0 Å². The van der Waals surface area contributed by atoms with Crippen LogP contribution in [0.15, 0.2) is 48.5 Å². The van der Waals surface area contributed by atoms with E-state index in [0.29, 0.717) is 25.9 Å². The van der Waals surface area contributed by atoms with Crippen molar-refractivity contribution >= 4 is 18.0 Å². The van der Waals surface area contributed by atoms with E-state index in [4.69, 9.17) is 9.84 Å². The molecule has 2 aromatic carbocycles. The lowest BCUT2D eigenvalue weighted by Crippen LogP contribution is -2.37. The number of carboxylic acids is 1. The molecule has 2 atom stereocenters. The van der Waals surface area contributed by atoms with Crippen molar-refractivity contribution < 1.29 is 24.2 Å². The van der Waals surface area contributed by atoms with Crippen LogP contribution >= 0.6 is 0 Å². The number of aliphatic carboxylic acids is 1. The van der Waals surface area contributed by atoms with Gasteiger partial charge in [-0.05, 0) is 53.9 Å². The first-order valence-electron chi connectivity index (χ1n) is 12.5. The molecule has 0 saturated carbocycles. The maximum atomic E-state index is 12.6. The number of amides is 2. The first kappa shape index (κ1) is 24.8. The minimum absolute atomic E-state index is 0.0192. The van der Waals surface area contributed by atoms with E-state index in [-0.39, 0.29) is 36.8 Å². The van der Waals surface area contributed by atoms with Crippen LogP contribution in [0.25, 0.3) is 11.1 Å². The third-order valence-corrected chi connectivity index (χ3v) is 7.21. The lowest BCUT2D eigenvalue weighted by molar-refractivity contribution is -0.140. The van der Waals surface area contributed by atoms with E-state index in [2.05, 4.69) is 36.5 Å². The average molecular weight is 479 g/mol. The third-order valence-electron chi connectivity index (χ3n) is 7.21. The molecule has 2 aromatic rings. The van der Waals surface area contributed by atoms with Crippen LogP contribution < -0.4 is 5.32 Å². The number of alkyl carbamates (subject to hydrolysis) is 1. The molecule has 7 nitrogen and oxygen atoms in total. The molecule has 1 saturated heterocycles. The van der Waals surface area contributed by atoms with Crippen LogP contribution in [0.4, 0.5) is 4.79 Å². The fraction of sp³-hybridized carbons (Fsp3) is 0.464. The SMILES string of the molecule is CC(CCNC(=O)OCC1c2ccccc2-c2ccccc21)CCC(=O)N1CCC[C@@H]1CC(=O)O. The number of carbonyl (C=O) groups excluding carboxylic acids is 2. The molecule has 1 heterocycles. The second-order valence-corrected chi connectivity index (χ2v) is 9.67. The van der Waals surface area contributed by atoms with E-state index in [1.807, 2.05) is 24.3 Å². The molecule has 0 aromatic heterocycles. The molecule has 2 aliphatic rings. The van der Waals surface area contributed by atoms with Crippen molar-refractivity contribution in [3.8, 4) is 11.1 Å². The number of carbonyl (C=O) groups is 3. The Kier molecular flexibility index (Phi) is 8.06. The number of ether oxygens (including phenoxy) is 1. The summed E-state index contributed by atoms with van der Waals surface area (Å²) in [6.07, 6.45) is 3.08. The van der Waals surface area contributed by atoms with E-state index in [1.165, 1.54) is 22.3 Å². The van der Waals surface area contributed by atoms with Crippen molar-refractivity contribution in [2.45, 2.75) is 57.4 Å². The van der Waals surface area contributed by atoms with Gasteiger partial charge in [-0.3, -0.25) is 9.59 Å². The number of hydrogen-bond donors (Lipinski definition) is 2. The van der Waals surface area contributed by atoms with E-state index in [0.717, 1.165) is 19.3 Å². The molecule has 0 spiro atoms. The van der Waals surface area contributed by atoms with Gasteiger partial charge in [-0.15, -0.1) is 0 Å². The fourth-order valence-electron chi connectivity index (χ4n) is 5.31. The molecular formula is C28H34N2O5. The summed E-state index contributed by atoms with van der Waals surface area (Å²) in [6, 6.07) is 16.3. The summed E-state index contributed by atoms with van der Waals surface area (Å²) in [7, 11) is 0. The van der Waals surface area contributed by atoms with Gasteiger partial charge in [0.15, 0.2) is 0 Å². The van der Waals surface area contributed by atoms with Crippen LogP contribution in [0, 0.1) is 5.92 Å². The highest BCUT2D eigenvalue weighted by Crippen LogP contribution is 2.44. The van der Waals surface area contributed by atoms with Crippen LogP contribution in [0.1, 0.15) is 62.5 Å². The van der Waals surface area contributed by atoms with Gasteiger partial charge in [0.25, 0.3) is 0 Å². The number of carboxylic acid groups (broad SMARTS) is 1. The number of nitrogens with one attached hydrogen (secondary N) is 1. The lowest BCUT2D eigenvalue weighted by atomic mass is 9.98. The summed E-state index contributed by atoms with van der Waals surface area (Å²) >= 11 is 0. The van der Waals surface area contributed by atoms with Crippen LogP contribution in [0.3, 0.4) is 0 Å². The maximum Gasteiger partial charge on any atom is 0.407 e. The zero-order valence-corrected chi connectivity index (χ0v) is 20.2. The topological polar surface area (TPSA) is 95.9 Å². The van der Waals surface area contributed by atoms with E-state index in [1.54, 1.807) is 4.90 Å². The summed E-state index contributed by atoms with van der Waals surface area (Å²) < 4.78 is 5.57. The zero-order valence-electron chi connectivity index (χ0n) is 20.2. The third kappa shape index (κ3) is 6.02. The van der Waals surface area contributed by atoms with Gasteiger partial charge < -0.3 is 20.1 Å². The second-order valence-electron chi connectivity index (χ2n) is 9.67. The summed E-state index contributed by atoms with van der Waals surface area (Å²) in [5, 5.41) is 11.9. The zero-order chi connectivity index (χ0) is 24.8. The minimum Gasteiger partial charge on any atom is -0.481 e. The summed E-state index contributed by atoms with van der Waals surface area (Å²) in [6.45, 7) is 3.48. The van der Waals surface area contributed by atoms with Gasteiger partial charge >= 0.3 is 12.1 Å². The first-order chi connectivity index (χ1) is 16.9. The molecule has 1 unspecified atom stereocenters. The highest BCUT2D eigenvalue weighted by molar-refractivity contribution is 5.79. The summed E-state index contributed by atoms with van der Waals surface area (Å²) in [5.74, 6) is -0.533. The van der Waals surface area contributed by atoms with Gasteiger partial charge in [-0.2, -0.15) is 0 Å². The van der Waals surface area contributed by atoms with Crippen molar-refractivity contribution in [1.82, 2.24) is 10.2 Å². The highest BCUT2D eigenvalue weighted by atomic mass is 16.5. The predicted octanol–water partition coefficient (Wildman–Crippen LogP) is 4.80. The standard InChI is InChI=1S/C28H34N2O5/c1-19(12-13-26(31)30-16-6-7-20(30)17-27(32)33)14-15-29-28(34)35-18-25-23-10-4-2-8-21(23)22-9-3-5-11-24(22)25/h2-5,8-11,19-20,25H,6-7,12-18H2,1H3,(H,29,34)(H,32,33)/t19?,20-/m1/s1. The molecule has 2 amide bonds. The van der Waals surface area contributed by atoms with Crippen molar-refractivity contribution in [3.05, 3.63) is 59.7 Å². The highest BCUT2D eigenvalue weighted by Gasteiger charge is 2.30. The number of hydrogen-bond acceptors (Lipinski definition) is 4. The molecule has 0 bridgehead atoms. The Bertz CT molecular complexity index is 1020. The normalized spacial score (nSPS) is 17.5. The van der Waals surface area contributed by atoms with Crippen molar-refractivity contribution in [3.63, 3.8) is 0 Å². The lowest BCUT2D eigenvalue weighted by Gasteiger charge is -2.24. The van der Waals surface area contributed by atoms with E-state index < -0.39 is 12.1 Å². The van der Waals surface area contributed by atoms with Crippen LogP contribution in [0.5, 0.6) is 0 Å². The van der Waals surface area contributed by atoms with Crippen molar-refractivity contribution in [2.75, 3.05) is 19.7 Å². The number of likely N-dealkylation sites (tertiary alicyclic amines) is 1. The van der Waals surface area contributed by atoms with Gasteiger partial charge in [0.1, 0.15) is 6.61 Å². The number of nitrogens with zero attached hydrogens (tertiary/aromatic N) is 1. The van der Waals surface area contributed by atoms with Crippen LogP contribution in [0.2, 0.25) is 0 Å².